The van der Waals surface area contributed by atoms with Crippen LogP contribution in [0.2, 0.25) is 0 Å². The van der Waals surface area contributed by atoms with Gasteiger partial charge in [0, 0.05) is 0 Å². The van der Waals surface area contributed by atoms with Gasteiger partial charge in [0.2, 0.25) is 5.88 Å². The van der Waals surface area contributed by atoms with E-state index in [4.69, 9.17) is 9.47 Å². The van der Waals surface area contributed by atoms with E-state index in [1.54, 1.807) is 31.2 Å². The summed E-state index contributed by atoms with van der Waals surface area (Å²) in [7, 11) is 0. The fourth-order valence-electron chi connectivity index (χ4n) is 3.21. The Morgan fingerprint density at radius 1 is 1.03 bits per heavy atom. The lowest BCUT2D eigenvalue weighted by Gasteiger charge is -2.12. The monoisotopic (exact) mass is 444 g/mol. The molecule has 0 unspecified atom stereocenters. The summed E-state index contributed by atoms with van der Waals surface area (Å²) < 4.78 is 66.5. The second-order valence-electron chi connectivity index (χ2n) is 6.72. The van der Waals surface area contributed by atoms with Crippen LogP contribution in [0.3, 0.4) is 0 Å². The number of halogens is 4. The number of aromatic nitrogens is 2. The van der Waals surface area contributed by atoms with Crippen LogP contribution in [0.5, 0.6) is 11.6 Å². The van der Waals surface area contributed by atoms with Crippen molar-refractivity contribution in [2.45, 2.75) is 13.1 Å². The van der Waals surface area contributed by atoms with Crippen LogP contribution >= 0.6 is 0 Å². The van der Waals surface area contributed by atoms with Gasteiger partial charge >= 0.3 is 12.1 Å². The molecule has 0 N–H and O–H groups in total. The van der Waals surface area contributed by atoms with Gasteiger partial charge in [-0.15, -0.1) is 5.10 Å². The minimum atomic E-state index is -4.62. The van der Waals surface area contributed by atoms with E-state index in [2.05, 4.69) is 5.10 Å². The van der Waals surface area contributed by atoms with Crippen molar-refractivity contribution >= 4 is 16.9 Å². The van der Waals surface area contributed by atoms with Crippen LogP contribution in [-0.4, -0.2) is 22.4 Å². The Balaban J connectivity index is 1.80. The quantitative estimate of drug-likeness (QED) is 0.274. The molecular weight excluding hydrogens is 428 g/mol. The minimum Gasteiger partial charge on any atom is -0.462 e. The molecule has 5 nitrogen and oxygen atoms in total. The van der Waals surface area contributed by atoms with E-state index < -0.39 is 29.3 Å². The van der Waals surface area contributed by atoms with Crippen molar-refractivity contribution in [2.75, 3.05) is 6.61 Å². The zero-order valence-electron chi connectivity index (χ0n) is 16.7. The zero-order valence-corrected chi connectivity index (χ0v) is 16.7. The molecule has 3 aromatic carbocycles. The van der Waals surface area contributed by atoms with Gasteiger partial charge in [-0.25, -0.2) is 13.9 Å². The Kier molecular flexibility index (Phi) is 5.56. The van der Waals surface area contributed by atoms with Gasteiger partial charge in [0.15, 0.2) is 0 Å². The minimum absolute atomic E-state index is 0.00629. The number of hydrogen-bond donors (Lipinski definition) is 0. The molecule has 9 heteroatoms. The maximum Gasteiger partial charge on any atom is 0.419 e. The first kappa shape index (κ1) is 21.4. The van der Waals surface area contributed by atoms with E-state index in [0.717, 1.165) is 12.1 Å². The summed E-state index contributed by atoms with van der Waals surface area (Å²) >= 11 is 0. The van der Waals surface area contributed by atoms with Crippen LogP contribution in [0.4, 0.5) is 17.6 Å². The zero-order chi connectivity index (χ0) is 22.9. The predicted molar refractivity (Wildman–Crippen MR) is 109 cm³/mol. The van der Waals surface area contributed by atoms with Crippen molar-refractivity contribution in [3.8, 4) is 17.3 Å². The topological polar surface area (TPSA) is 53.4 Å². The van der Waals surface area contributed by atoms with Crippen molar-refractivity contribution < 1.29 is 31.8 Å². The first-order valence-corrected chi connectivity index (χ1v) is 9.58. The molecule has 4 rings (SSSR count). The molecule has 0 amide bonds. The van der Waals surface area contributed by atoms with E-state index >= 15 is 0 Å². The van der Waals surface area contributed by atoms with Gasteiger partial charge in [0.25, 0.3) is 0 Å². The SMILES string of the molecule is CCOC(=O)c1ccc(-n2nc(Oc3ccccc3C(F)(F)F)c3ccccc32)c(F)c1. The average Bonchev–Trinajstić information content (AvgIpc) is 3.12. The number of alkyl halides is 3. The molecule has 0 fully saturated rings. The lowest BCUT2D eigenvalue weighted by atomic mass is 10.2. The molecule has 0 aliphatic heterocycles. The Bertz CT molecular complexity index is 1300. The van der Waals surface area contributed by atoms with Crippen molar-refractivity contribution in [2.24, 2.45) is 0 Å². The van der Waals surface area contributed by atoms with E-state index in [9.17, 15) is 22.4 Å². The Labute approximate surface area is 179 Å². The molecule has 4 aromatic rings. The van der Waals surface area contributed by atoms with Crippen LogP contribution in [0.15, 0.2) is 66.7 Å². The van der Waals surface area contributed by atoms with E-state index in [0.29, 0.717) is 10.9 Å². The first-order valence-electron chi connectivity index (χ1n) is 9.58. The first-order chi connectivity index (χ1) is 15.3. The average molecular weight is 444 g/mol. The van der Waals surface area contributed by atoms with Crippen molar-refractivity contribution in [3.63, 3.8) is 0 Å². The van der Waals surface area contributed by atoms with Gasteiger partial charge < -0.3 is 9.47 Å². The number of rotatable bonds is 5. The van der Waals surface area contributed by atoms with Crippen molar-refractivity contribution in [1.82, 2.24) is 9.78 Å². The molecule has 32 heavy (non-hydrogen) atoms. The van der Waals surface area contributed by atoms with E-state index in [1.807, 2.05) is 0 Å². The number of carbonyl (C=O) groups is 1. The predicted octanol–water partition coefficient (Wildman–Crippen LogP) is 6.15. The number of esters is 1. The number of hydrogen-bond acceptors (Lipinski definition) is 4. The number of para-hydroxylation sites is 2. The summed E-state index contributed by atoms with van der Waals surface area (Å²) in [6, 6.07) is 15.1. The van der Waals surface area contributed by atoms with E-state index in [-0.39, 0.29) is 23.7 Å². The summed E-state index contributed by atoms with van der Waals surface area (Å²) in [4.78, 5) is 11.9. The smallest absolute Gasteiger partial charge is 0.419 e. The molecule has 0 radical (unpaired) electrons. The standard InChI is InChI=1S/C23H16F4N2O3/c1-2-31-22(30)14-11-12-19(17(24)13-14)29-18-9-5-3-7-15(18)21(28-29)32-20-10-6-4-8-16(20)23(25,26)27/h3-13H,2H2,1H3. The van der Waals surface area contributed by atoms with Crippen molar-refractivity contribution in [1.29, 1.82) is 0 Å². The third-order valence-electron chi connectivity index (χ3n) is 4.64. The number of fused-ring (bicyclic) bond motifs is 1. The van der Waals surface area contributed by atoms with Gasteiger partial charge in [-0.2, -0.15) is 13.2 Å². The van der Waals surface area contributed by atoms with Crippen LogP contribution in [0.1, 0.15) is 22.8 Å². The molecular formula is C23H16F4N2O3. The van der Waals surface area contributed by atoms with Crippen LogP contribution in [0, 0.1) is 5.82 Å². The molecule has 164 valence electrons. The lowest BCUT2D eigenvalue weighted by molar-refractivity contribution is -0.138. The largest absolute Gasteiger partial charge is 0.462 e. The maximum atomic E-state index is 14.9. The number of benzene rings is 3. The summed E-state index contributed by atoms with van der Waals surface area (Å²) in [6.07, 6.45) is -4.62. The lowest BCUT2D eigenvalue weighted by Crippen LogP contribution is -2.08. The highest BCUT2D eigenvalue weighted by atomic mass is 19.4. The second kappa shape index (κ2) is 8.33. The number of ether oxygens (including phenoxy) is 2. The molecule has 0 aliphatic rings. The fourth-order valence-corrected chi connectivity index (χ4v) is 3.21. The normalized spacial score (nSPS) is 11.5. The molecule has 1 aromatic heterocycles. The fraction of sp³-hybridized carbons (Fsp3) is 0.130. The van der Waals surface area contributed by atoms with Crippen LogP contribution < -0.4 is 4.74 Å². The summed E-state index contributed by atoms with van der Waals surface area (Å²) in [5.41, 5.74) is -0.522. The van der Waals surface area contributed by atoms with Gasteiger partial charge in [0.1, 0.15) is 17.3 Å². The molecule has 1 heterocycles. The van der Waals surface area contributed by atoms with Crippen molar-refractivity contribution in [3.05, 3.63) is 83.7 Å². The van der Waals surface area contributed by atoms with E-state index in [1.165, 1.54) is 35.0 Å². The molecule has 0 atom stereocenters. The van der Waals surface area contributed by atoms with Crippen LogP contribution in [0.25, 0.3) is 16.6 Å². The second-order valence-corrected chi connectivity index (χ2v) is 6.72. The summed E-state index contributed by atoms with van der Waals surface area (Å²) in [5, 5.41) is 4.61. The Hall–Kier alpha value is -3.88. The van der Waals surface area contributed by atoms with Gasteiger partial charge in [-0.05, 0) is 49.4 Å². The number of carbonyl (C=O) groups excluding carboxylic acids is 1. The summed E-state index contributed by atoms with van der Waals surface area (Å²) in [6.45, 7) is 1.78. The highest BCUT2D eigenvalue weighted by Gasteiger charge is 2.34. The third kappa shape index (κ3) is 4.01. The molecule has 0 spiro atoms. The van der Waals surface area contributed by atoms with Gasteiger partial charge in [-0.3, -0.25) is 0 Å². The highest BCUT2D eigenvalue weighted by Crippen LogP contribution is 2.39. The third-order valence-corrected chi connectivity index (χ3v) is 4.64. The molecule has 0 aliphatic carbocycles. The maximum absolute atomic E-state index is 14.9. The number of nitrogens with zero attached hydrogens (tertiary/aromatic N) is 2. The van der Waals surface area contributed by atoms with Gasteiger partial charge in [-0.1, -0.05) is 24.3 Å². The van der Waals surface area contributed by atoms with Gasteiger partial charge in [0.05, 0.1) is 28.6 Å². The molecule has 0 saturated heterocycles. The Morgan fingerprint density at radius 3 is 2.47 bits per heavy atom. The Morgan fingerprint density at radius 2 is 1.75 bits per heavy atom. The highest BCUT2D eigenvalue weighted by molar-refractivity contribution is 5.90. The summed E-state index contributed by atoms with van der Waals surface area (Å²) in [5.74, 6) is -1.97. The van der Waals surface area contributed by atoms with Crippen LogP contribution in [-0.2, 0) is 10.9 Å². The molecule has 0 saturated carbocycles. The molecule has 0 bridgehead atoms.